The highest BCUT2D eigenvalue weighted by molar-refractivity contribution is 7.07. The van der Waals surface area contributed by atoms with E-state index in [2.05, 4.69) is 4.98 Å². The number of nitrogens with one attached hydrogen (secondary N) is 1. The number of hydrogen-bond acceptors (Lipinski definition) is 7. The molecule has 0 saturated carbocycles. The van der Waals surface area contributed by atoms with Crippen LogP contribution in [0.3, 0.4) is 0 Å². The zero-order valence-corrected chi connectivity index (χ0v) is 18.2. The Balaban J connectivity index is 1.50. The Morgan fingerprint density at radius 3 is 2.65 bits per heavy atom. The smallest absolute Gasteiger partial charge is 0.273 e. The summed E-state index contributed by atoms with van der Waals surface area (Å²) in [6.07, 6.45) is 4.61. The molecule has 1 aromatic carbocycles. The molecule has 2 aliphatic rings. The summed E-state index contributed by atoms with van der Waals surface area (Å²) in [5, 5.41) is 9.28. The van der Waals surface area contributed by atoms with Gasteiger partial charge < -0.3 is 25.7 Å². The molecule has 2 saturated heterocycles. The number of piperidine rings is 1. The molecule has 1 spiro atoms. The van der Waals surface area contributed by atoms with Gasteiger partial charge in [-0.15, -0.1) is 11.3 Å². The van der Waals surface area contributed by atoms with E-state index in [1.54, 1.807) is 27.8 Å². The summed E-state index contributed by atoms with van der Waals surface area (Å²) in [5.41, 5.74) is 9.34. The SMILES string of the molecule is COc1cc(N2CCC3(CCN(C(=O)c4cscn4)CC3)C2=O)ccc1/C(C=N)=C/N. The molecule has 31 heavy (non-hydrogen) atoms. The number of hydrogen-bond donors (Lipinski definition) is 2. The maximum atomic E-state index is 13.4. The van der Waals surface area contributed by atoms with Crippen molar-refractivity contribution >= 4 is 40.6 Å². The Kier molecular flexibility index (Phi) is 5.77. The predicted molar refractivity (Wildman–Crippen MR) is 121 cm³/mol. The second-order valence-corrected chi connectivity index (χ2v) is 8.52. The fourth-order valence-electron chi connectivity index (χ4n) is 4.45. The second kappa shape index (κ2) is 8.50. The van der Waals surface area contributed by atoms with E-state index < -0.39 is 5.41 Å². The van der Waals surface area contributed by atoms with Crippen LogP contribution >= 0.6 is 11.3 Å². The maximum Gasteiger partial charge on any atom is 0.273 e. The standard InChI is InChI=1S/C22H25N5O3S/c1-30-19-10-16(2-3-17(19)15(11-23)12-24)27-9-6-22(21(27)29)4-7-26(8-5-22)20(28)18-13-31-14-25-18/h2-3,10-14,23H,4-9,24H2,1H3/b15-12+,23-11?. The average molecular weight is 440 g/mol. The third-order valence-electron chi connectivity index (χ3n) is 6.31. The van der Waals surface area contributed by atoms with Crippen molar-refractivity contribution in [2.45, 2.75) is 19.3 Å². The third-order valence-corrected chi connectivity index (χ3v) is 6.90. The van der Waals surface area contributed by atoms with Gasteiger partial charge in [-0.2, -0.15) is 0 Å². The molecule has 1 aromatic heterocycles. The first-order valence-corrected chi connectivity index (χ1v) is 11.1. The minimum Gasteiger partial charge on any atom is -0.496 e. The van der Waals surface area contributed by atoms with Crippen LogP contribution in [0.1, 0.15) is 35.3 Å². The minimum absolute atomic E-state index is 0.0614. The van der Waals surface area contributed by atoms with Crippen molar-refractivity contribution in [3.05, 3.63) is 46.5 Å². The molecule has 0 radical (unpaired) electrons. The Hall–Kier alpha value is -3.20. The zero-order chi connectivity index (χ0) is 22.0. The molecular weight excluding hydrogens is 414 g/mol. The van der Waals surface area contributed by atoms with Gasteiger partial charge in [0.2, 0.25) is 5.91 Å². The third kappa shape index (κ3) is 3.69. The molecule has 3 N–H and O–H groups in total. The number of thiazole rings is 1. The van der Waals surface area contributed by atoms with E-state index in [9.17, 15) is 9.59 Å². The number of nitrogens with zero attached hydrogens (tertiary/aromatic N) is 3. The topological polar surface area (TPSA) is 113 Å². The Labute approximate surface area is 184 Å². The van der Waals surface area contributed by atoms with Gasteiger partial charge in [0.1, 0.15) is 11.4 Å². The molecule has 2 fully saturated rings. The van der Waals surface area contributed by atoms with Gasteiger partial charge in [0, 0.05) is 60.3 Å². The lowest BCUT2D eigenvalue weighted by atomic mass is 9.77. The van der Waals surface area contributed by atoms with Crippen molar-refractivity contribution in [1.29, 1.82) is 5.41 Å². The average Bonchev–Trinajstić information content (AvgIpc) is 3.45. The number of methoxy groups -OCH3 is 1. The van der Waals surface area contributed by atoms with Crippen LogP contribution in [-0.2, 0) is 4.79 Å². The lowest BCUT2D eigenvalue weighted by Gasteiger charge is -2.37. The van der Waals surface area contributed by atoms with Gasteiger partial charge in [0.25, 0.3) is 5.91 Å². The number of rotatable bonds is 5. The molecular formula is C22H25N5O3S. The van der Waals surface area contributed by atoms with Gasteiger partial charge in [-0.1, -0.05) is 0 Å². The molecule has 162 valence electrons. The summed E-state index contributed by atoms with van der Waals surface area (Å²) in [5.74, 6) is 0.605. The van der Waals surface area contributed by atoms with E-state index >= 15 is 0 Å². The van der Waals surface area contributed by atoms with Gasteiger partial charge in [-0.05, 0) is 31.4 Å². The zero-order valence-electron chi connectivity index (χ0n) is 17.3. The number of nitrogens with two attached hydrogens (primary N) is 1. The first-order chi connectivity index (χ1) is 15.0. The van der Waals surface area contributed by atoms with Crippen molar-refractivity contribution in [3.63, 3.8) is 0 Å². The van der Waals surface area contributed by atoms with Crippen LogP contribution in [0.25, 0.3) is 5.57 Å². The van der Waals surface area contributed by atoms with Crippen LogP contribution in [0.4, 0.5) is 5.69 Å². The number of aromatic nitrogens is 1. The number of carbonyl (C=O) groups excluding carboxylic acids is 2. The summed E-state index contributed by atoms with van der Waals surface area (Å²) in [4.78, 5) is 33.7. The molecule has 0 aliphatic carbocycles. The first-order valence-electron chi connectivity index (χ1n) is 10.1. The van der Waals surface area contributed by atoms with Gasteiger partial charge in [-0.3, -0.25) is 9.59 Å². The van der Waals surface area contributed by atoms with Crippen molar-refractivity contribution in [2.24, 2.45) is 11.1 Å². The molecule has 3 heterocycles. The van der Waals surface area contributed by atoms with Crippen LogP contribution in [0.5, 0.6) is 5.75 Å². The monoisotopic (exact) mass is 439 g/mol. The molecule has 8 nitrogen and oxygen atoms in total. The quantitative estimate of drug-likeness (QED) is 0.696. The Bertz CT molecular complexity index is 1030. The summed E-state index contributed by atoms with van der Waals surface area (Å²) < 4.78 is 5.49. The summed E-state index contributed by atoms with van der Waals surface area (Å²) >= 11 is 1.41. The molecule has 0 bridgehead atoms. The minimum atomic E-state index is -0.429. The number of benzene rings is 1. The highest BCUT2D eigenvalue weighted by Gasteiger charge is 2.49. The van der Waals surface area contributed by atoms with Crippen LogP contribution in [0.2, 0.25) is 0 Å². The van der Waals surface area contributed by atoms with Crippen molar-refractivity contribution < 1.29 is 14.3 Å². The lowest BCUT2D eigenvalue weighted by molar-refractivity contribution is -0.127. The number of likely N-dealkylation sites (tertiary alicyclic amines) is 1. The molecule has 4 rings (SSSR count). The molecule has 0 unspecified atom stereocenters. The Morgan fingerprint density at radius 2 is 2.03 bits per heavy atom. The number of carbonyl (C=O) groups is 2. The van der Waals surface area contributed by atoms with E-state index in [0.717, 1.165) is 12.1 Å². The lowest BCUT2D eigenvalue weighted by Crippen LogP contribution is -2.46. The van der Waals surface area contributed by atoms with Crippen molar-refractivity contribution in [2.75, 3.05) is 31.6 Å². The van der Waals surface area contributed by atoms with E-state index in [4.69, 9.17) is 15.9 Å². The molecule has 9 heteroatoms. The number of allylic oxidation sites excluding steroid dienone is 1. The number of amides is 2. The van der Waals surface area contributed by atoms with Crippen LogP contribution in [0.15, 0.2) is 35.3 Å². The fraction of sp³-hybridized carbons (Fsp3) is 0.364. The van der Waals surface area contributed by atoms with Gasteiger partial charge in [0.15, 0.2) is 0 Å². The molecule has 2 aromatic rings. The largest absolute Gasteiger partial charge is 0.496 e. The Morgan fingerprint density at radius 1 is 1.29 bits per heavy atom. The molecule has 2 amide bonds. The van der Waals surface area contributed by atoms with Crippen molar-refractivity contribution in [1.82, 2.24) is 9.88 Å². The van der Waals surface area contributed by atoms with Crippen LogP contribution in [0, 0.1) is 10.8 Å². The normalized spacial score (nSPS) is 18.5. The highest BCUT2D eigenvalue weighted by Crippen LogP contribution is 2.44. The first kappa shape index (κ1) is 21.0. The van der Waals surface area contributed by atoms with E-state index in [0.29, 0.717) is 55.1 Å². The maximum absolute atomic E-state index is 13.4. The van der Waals surface area contributed by atoms with Crippen LogP contribution < -0.4 is 15.4 Å². The number of anilines is 1. The highest BCUT2D eigenvalue weighted by atomic mass is 32.1. The molecule has 2 aliphatic heterocycles. The van der Waals surface area contributed by atoms with Gasteiger partial charge >= 0.3 is 0 Å². The van der Waals surface area contributed by atoms with Gasteiger partial charge in [-0.25, -0.2) is 4.98 Å². The van der Waals surface area contributed by atoms with Crippen LogP contribution in [-0.4, -0.2) is 54.7 Å². The van der Waals surface area contributed by atoms with Gasteiger partial charge in [0.05, 0.1) is 18.0 Å². The van der Waals surface area contributed by atoms with E-state index in [1.165, 1.54) is 23.8 Å². The summed E-state index contributed by atoms with van der Waals surface area (Å²) in [6.45, 7) is 1.75. The van der Waals surface area contributed by atoms with E-state index in [1.807, 2.05) is 18.2 Å². The molecule has 0 atom stereocenters. The summed E-state index contributed by atoms with van der Waals surface area (Å²) in [7, 11) is 1.56. The predicted octanol–water partition coefficient (Wildman–Crippen LogP) is 2.76. The van der Waals surface area contributed by atoms with E-state index in [-0.39, 0.29) is 11.8 Å². The summed E-state index contributed by atoms with van der Waals surface area (Å²) in [6, 6.07) is 5.51. The second-order valence-electron chi connectivity index (χ2n) is 7.80. The fourth-order valence-corrected chi connectivity index (χ4v) is 4.98. The van der Waals surface area contributed by atoms with Crippen molar-refractivity contribution in [3.8, 4) is 5.75 Å². The number of ether oxygens (including phenoxy) is 1.